The standard InChI is InChI=1S/C24H17BrF2S/c1-14-22(19-13-15(25)11-12-21(19)27)16-7-3-4-8-17(16)23(24(14)28-2)18-9-5-6-10-20(18)26/h3-13H,1-2H3. The molecule has 0 spiro atoms. The van der Waals surface area contributed by atoms with E-state index in [0.717, 1.165) is 36.8 Å². The molecule has 0 saturated heterocycles. The molecule has 0 atom stereocenters. The highest BCUT2D eigenvalue weighted by Crippen LogP contribution is 2.46. The molecule has 0 heterocycles. The van der Waals surface area contributed by atoms with E-state index in [2.05, 4.69) is 15.9 Å². The molecule has 0 amide bonds. The Kier molecular flexibility index (Phi) is 5.26. The summed E-state index contributed by atoms with van der Waals surface area (Å²) < 4.78 is 30.3. The summed E-state index contributed by atoms with van der Waals surface area (Å²) in [5.74, 6) is -0.536. The van der Waals surface area contributed by atoms with Gasteiger partial charge in [-0.2, -0.15) is 0 Å². The maximum atomic E-state index is 14.8. The average Bonchev–Trinajstić information content (AvgIpc) is 2.70. The highest BCUT2D eigenvalue weighted by Gasteiger charge is 2.21. The van der Waals surface area contributed by atoms with E-state index in [1.807, 2.05) is 43.5 Å². The molecule has 4 heteroatoms. The van der Waals surface area contributed by atoms with Crippen LogP contribution in [0.2, 0.25) is 0 Å². The summed E-state index contributed by atoms with van der Waals surface area (Å²) >= 11 is 5.02. The van der Waals surface area contributed by atoms with Crippen LogP contribution in [0.15, 0.2) is 76.1 Å². The maximum Gasteiger partial charge on any atom is 0.131 e. The van der Waals surface area contributed by atoms with Crippen molar-refractivity contribution < 1.29 is 8.78 Å². The SMILES string of the molecule is CSc1c(C)c(-c2cc(Br)ccc2F)c2ccccc2c1-c1ccccc1F. The van der Waals surface area contributed by atoms with Gasteiger partial charge in [-0.25, -0.2) is 8.78 Å². The van der Waals surface area contributed by atoms with Crippen molar-refractivity contribution in [3.05, 3.63) is 88.4 Å². The zero-order valence-corrected chi connectivity index (χ0v) is 17.8. The predicted molar refractivity (Wildman–Crippen MR) is 119 cm³/mol. The number of thioether (sulfide) groups is 1. The number of hydrogen-bond acceptors (Lipinski definition) is 1. The van der Waals surface area contributed by atoms with Crippen LogP contribution in [-0.2, 0) is 0 Å². The second-order valence-corrected chi connectivity index (χ2v) is 8.29. The van der Waals surface area contributed by atoms with Gasteiger partial charge in [-0.05, 0) is 59.3 Å². The Bertz CT molecular complexity index is 1200. The lowest BCUT2D eigenvalue weighted by Gasteiger charge is -2.21. The monoisotopic (exact) mass is 454 g/mol. The second-order valence-electron chi connectivity index (χ2n) is 6.56. The third-order valence-corrected chi connectivity index (χ3v) is 6.37. The second kappa shape index (κ2) is 7.69. The molecule has 4 aromatic carbocycles. The lowest BCUT2D eigenvalue weighted by Crippen LogP contribution is -1.97. The lowest BCUT2D eigenvalue weighted by atomic mass is 9.88. The van der Waals surface area contributed by atoms with Gasteiger partial charge in [0.15, 0.2) is 0 Å². The van der Waals surface area contributed by atoms with Crippen molar-refractivity contribution in [3.8, 4) is 22.3 Å². The Hall–Kier alpha value is -2.17. The van der Waals surface area contributed by atoms with Crippen molar-refractivity contribution in [2.75, 3.05) is 6.26 Å². The molecular formula is C24H17BrF2S. The Morgan fingerprint density at radius 1 is 0.750 bits per heavy atom. The van der Waals surface area contributed by atoms with Crippen molar-refractivity contribution in [1.29, 1.82) is 0 Å². The Morgan fingerprint density at radius 2 is 1.36 bits per heavy atom. The number of halogens is 3. The zero-order valence-electron chi connectivity index (χ0n) is 15.4. The first-order valence-electron chi connectivity index (χ1n) is 8.82. The van der Waals surface area contributed by atoms with Crippen LogP contribution >= 0.6 is 27.7 Å². The summed E-state index contributed by atoms with van der Waals surface area (Å²) in [6.45, 7) is 1.98. The van der Waals surface area contributed by atoms with E-state index in [0.29, 0.717) is 11.1 Å². The minimum atomic E-state index is -0.276. The summed E-state index contributed by atoms with van der Waals surface area (Å²) in [5, 5.41) is 1.82. The summed E-state index contributed by atoms with van der Waals surface area (Å²) in [6, 6.07) is 19.6. The van der Waals surface area contributed by atoms with E-state index >= 15 is 0 Å². The Labute approximate surface area is 175 Å². The van der Waals surface area contributed by atoms with Gasteiger partial charge in [0.1, 0.15) is 11.6 Å². The average molecular weight is 455 g/mol. The maximum absolute atomic E-state index is 14.8. The summed E-state index contributed by atoms with van der Waals surface area (Å²) in [4.78, 5) is 0.957. The van der Waals surface area contributed by atoms with Crippen LogP contribution in [-0.4, -0.2) is 6.26 Å². The van der Waals surface area contributed by atoms with Gasteiger partial charge in [0.25, 0.3) is 0 Å². The smallest absolute Gasteiger partial charge is 0.131 e. The molecule has 0 fully saturated rings. The van der Waals surface area contributed by atoms with Gasteiger partial charge in [0.05, 0.1) is 0 Å². The molecule has 0 N–H and O–H groups in total. The molecule has 28 heavy (non-hydrogen) atoms. The van der Waals surface area contributed by atoms with Gasteiger partial charge in [-0.1, -0.05) is 58.4 Å². The van der Waals surface area contributed by atoms with Gasteiger partial charge < -0.3 is 0 Å². The van der Waals surface area contributed by atoms with Crippen molar-refractivity contribution in [2.24, 2.45) is 0 Å². The molecule has 0 bridgehead atoms. The van der Waals surface area contributed by atoms with Crippen LogP contribution in [0, 0.1) is 18.6 Å². The third-order valence-electron chi connectivity index (χ3n) is 4.95. The van der Waals surface area contributed by atoms with Crippen LogP contribution in [0.3, 0.4) is 0 Å². The fourth-order valence-corrected chi connectivity index (χ4v) is 4.96. The molecule has 0 aliphatic rings. The number of hydrogen-bond donors (Lipinski definition) is 0. The van der Waals surface area contributed by atoms with Gasteiger partial charge in [-0.15, -0.1) is 11.8 Å². The van der Waals surface area contributed by atoms with Gasteiger partial charge >= 0.3 is 0 Å². The zero-order chi connectivity index (χ0) is 19.8. The van der Waals surface area contributed by atoms with Crippen LogP contribution in [0.5, 0.6) is 0 Å². The minimum Gasteiger partial charge on any atom is -0.206 e. The fourth-order valence-electron chi connectivity index (χ4n) is 3.77. The largest absolute Gasteiger partial charge is 0.206 e. The van der Waals surface area contributed by atoms with Gasteiger partial charge in [0.2, 0.25) is 0 Å². The molecule has 0 aliphatic carbocycles. The number of benzene rings is 4. The highest BCUT2D eigenvalue weighted by molar-refractivity contribution is 9.10. The van der Waals surface area contributed by atoms with E-state index in [-0.39, 0.29) is 11.6 Å². The molecule has 4 rings (SSSR count). The normalized spacial score (nSPS) is 11.2. The fraction of sp³-hybridized carbons (Fsp3) is 0.0833. The van der Waals surface area contributed by atoms with E-state index < -0.39 is 0 Å². The summed E-state index contributed by atoms with van der Waals surface area (Å²) in [6.07, 6.45) is 1.97. The summed E-state index contributed by atoms with van der Waals surface area (Å²) in [5.41, 5.74) is 3.75. The Balaban J connectivity index is 2.19. The first-order chi connectivity index (χ1) is 13.5. The molecule has 0 aliphatic heterocycles. The molecule has 140 valence electrons. The van der Waals surface area contributed by atoms with Crippen LogP contribution < -0.4 is 0 Å². The summed E-state index contributed by atoms with van der Waals surface area (Å²) in [7, 11) is 0. The Morgan fingerprint density at radius 3 is 2.04 bits per heavy atom. The van der Waals surface area contributed by atoms with Crippen LogP contribution in [0.25, 0.3) is 33.0 Å². The van der Waals surface area contributed by atoms with Crippen LogP contribution in [0.4, 0.5) is 8.78 Å². The number of fused-ring (bicyclic) bond motifs is 1. The van der Waals surface area contributed by atoms with E-state index in [1.54, 1.807) is 36.0 Å². The lowest BCUT2D eigenvalue weighted by molar-refractivity contribution is 0.630. The molecule has 0 radical (unpaired) electrons. The van der Waals surface area contributed by atoms with Crippen molar-refractivity contribution in [3.63, 3.8) is 0 Å². The molecular weight excluding hydrogens is 438 g/mol. The van der Waals surface area contributed by atoms with Gasteiger partial charge in [0, 0.05) is 26.1 Å². The number of rotatable bonds is 3. The minimum absolute atomic E-state index is 0.260. The molecule has 0 unspecified atom stereocenters. The van der Waals surface area contributed by atoms with Crippen molar-refractivity contribution in [1.82, 2.24) is 0 Å². The first-order valence-corrected chi connectivity index (χ1v) is 10.8. The van der Waals surface area contributed by atoms with Crippen LogP contribution in [0.1, 0.15) is 5.56 Å². The van der Waals surface area contributed by atoms with E-state index in [9.17, 15) is 8.78 Å². The topological polar surface area (TPSA) is 0 Å². The van der Waals surface area contributed by atoms with Crippen molar-refractivity contribution >= 4 is 38.5 Å². The van der Waals surface area contributed by atoms with Crippen molar-refractivity contribution in [2.45, 2.75) is 11.8 Å². The quantitative estimate of drug-likeness (QED) is 0.280. The molecule has 0 aromatic heterocycles. The van der Waals surface area contributed by atoms with E-state index in [4.69, 9.17) is 0 Å². The van der Waals surface area contributed by atoms with Gasteiger partial charge in [-0.3, -0.25) is 0 Å². The van der Waals surface area contributed by atoms with E-state index in [1.165, 1.54) is 12.1 Å². The molecule has 0 nitrogen and oxygen atoms in total. The third kappa shape index (κ3) is 3.15. The molecule has 0 saturated carbocycles. The molecule has 4 aromatic rings. The first kappa shape index (κ1) is 19.2. The highest BCUT2D eigenvalue weighted by atomic mass is 79.9. The predicted octanol–water partition coefficient (Wildman–Crippen LogP) is 8.24.